The quantitative estimate of drug-likeness (QED) is 0.107. The highest BCUT2D eigenvalue weighted by Gasteiger charge is 2.41. The van der Waals surface area contributed by atoms with Crippen molar-refractivity contribution < 1.29 is 35.9 Å². The van der Waals surface area contributed by atoms with Crippen LogP contribution in [0.1, 0.15) is 31.5 Å². The average molecular weight is 922 g/mol. The maximum atomic E-state index is 9.78. The van der Waals surface area contributed by atoms with Crippen molar-refractivity contribution in [1.82, 2.24) is 19.5 Å². The number of rotatable bonds is 9. The lowest BCUT2D eigenvalue weighted by Crippen LogP contribution is -2.74. The summed E-state index contributed by atoms with van der Waals surface area (Å²) in [4.78, 5) is 14.6. The molecule has 0 N–H and O–H groups in total. The number of fused-ring (bicyclic) bond motifs is 6. The summed E-state index contributed by atoms with van der Waals surface area (Å²) in [5.74, 6) is -1.63. The van der Waals surface area contributed by atoms with Gasteiger partial charge in [0.1, 0.15) is 11.2 Å². The molecule has 6 heteroatoms. The van der Waals surface area contributed by atoms with Gasteiger partial charge in [0.05, 0.1) is 48.2 Å². The molecule has 0 radical (unpaired) electrons. The fourth-order valence-corrected chi connectivity index (χ4v) is 13.7. The van der Waals surface area contributed by atoms with E-state index in [2.05, 4.69) is 0 Å². The molecule has 0 fully saturated rings. The van der Waals surface area contributed by atoms with E-state index in [4.69, 9.17) is 35.8 Å². The van der Waals surface area contributed by atoms with Crippen molar-refractivity contribution in [3.05, 3.63) is 254 Å². The molecule has 0 spiro atoms. The van der Waals surface area contributed by atoms with E-state index in [1.165, 1.54) is 0 Å². The minimum absolute atomic E-state index is 0.209. The highest BCUT2D eigenvalue weighted by molar-refractivity contribution is 7.19. The van der Waals surface area contributed by atoms with Gasteiger partial charge in [0.25, 0.3) is 0 Å². The van der Waals surface area contributed by atoms with E-state index in [-0.39, 0.29) is 22.2 Å². The zero-order valence-electron chi connectivity index (χ0n) is 58.7. The van der Waals surface area contributed by atoms with Gasteiger partial charge in [0.2, 0.25) is 0 Å². The maximum absolute atomic E-state index is 9.78. The van der Waals surface area contributed by atoms with Crippen LogP contribution in [-0.4, -0.2) is 27.6 Å². The fourth-order valence-electron chi connectivity index (χ4n) is 8.94. The molecule has 0 bridgehead atoms. The molecule has 13 rings (SSSR count). The first kappa shape index (κ1) is 23.2. The van der Waals surface area contributed by atoms with Crippen LogP contribution in [0.4, 0.5) is 0 Å². The summed E-state index contributed by atoms with van der Waals surface area (Å²) in [7, 11) is -3.40. The molecule has 10 aromatic carbocycles. The Labute approximate surface area is 432 Å². The average Bonchev–Trinajstić information content (AvgIpc) is 1.52. The Hall–Kier alpha value is -8.97. The summed E-state index contributed by atoms with van der Waals surface area (Å²) >= 11 is 0. The Balaban J connectivity index is 1.16. The van der Waals surface area contributed by atoms with Crippen LogP contribution in [0.3, 0.4) is 0 Å². The largest absolute Gasteiger partial charge is 0.456 e. The second-order valence-electron chi connectivity index (χ2n) is 15.8. The standard InChI is InChI=1S/C63H42N4OSi/c1-4-20-47(21-5-1)69(48-22-6-2-7-23-48,49-24-8-3-9-25-49)50-26-18-19-46(41-50)62-64-61(44-37-35-43(36-38-44)45-39-40-60-55(42-45)53-29-13-17-34-59(53)68-60)65-63(66-62)54-30-12-16-33-58(54)67-56-31-14-10-27-51(56)52-28-11-15-32-57(52)67/h1-42H/i10D,11D,12D,13D,14D,15D,16D,17D,27D,28D,29D,30D,31D,32D,33D,34D,35D,36D,37D,38D,39D,40D,42D. The Morgan fingerprint density at radius 3 is 1.52 bits per heavy atom. The smallest absolute Gasteiger partial charge is 0.179 e. The molecular weight excluding hydrogens is 857 g/mol. The van der Waals surface area contributed by atoms with Gasteiger partial charge >= 0.3 is 0 Å². The Bertz CT molecular complexity index is 5200. The molecule has 3 aromatic heterocycles. The molecule has 0 amide bonds. The van der Waals surface area contributed by atoms with Crippen LogP contribution in [0, 0.1) is 0 Å². The maximum Gasteiger partial charge on any atom is 0.179 e. The van der Waals surface area contributed by atoms with Crippen molar-refractivity contribution in [3.8, 4) is 51.0 Å². The third-order valence-corrected chi connectivity index (χ3v) is 16.7. The third kappa shape index (κ3) is 6.80. The van der Waals surface area contributed by atoms with Gasteiger partial charge in [-0.25, -0.2) is 15.0 Å². The molecule has 3 heterocycles. The zero-order valence-corrected chi connectivity index (χ0v) is 36.7. The number of hydrogen-bond acceptors (Lipinski definition) is 4. The van der Waals surface area contributed by atoms with Crippen LogP contribution in [0.2, 0.25) is 0 Å². The van der Waals surface area contributed by atoms with Gasteiger partial charge in [0.15, 0.2) is 25.5 Å². The second-order valence-corrected chi connectivity index (χ2v) is 19.6. The minimum Gasteiger partial charge on any atom is -0.456 e. The molecule has 13 aromatic rings. The molecule has 0 atom stereocenters. The molecule has 0 saturated carbocycles. The highest BCUT2D eigenvalue weighted by atomic mass is 28.3. The predicted octanol–water partition coefficient (Wildman–Crippen LogP) is 12.9. The van der Waals surface area contributed by atoms with E-state index < -0.39 is 220 Å². The summed E-state index contributed by atoms with van der Waals surface area (Å²) in [5, 5.41) is 2.08. The van der Waals surface area contributed by atoms with E-state index in [0.717, 1.165) is 25.3 Å². The number of benzene rings is 10. The Morgan fingerprint density at radius 1 is 0.377 bits per heavy atom. The Morgan fingerprint density at radius 2 is 0.870 bits per heavy atom. The van der Waals surface area contributed by atoms with Crippen LogP contribution < -0.4 is 20.7 Å². The van der Waals surface area contributed by atoms with Crippen LogP contribution in [0.25, 0.3) is 94.7 Å². The van der Waals surface area contributed by atoms with Gasteiger partial charge in [-0.3, -0.25) is 0 Å². The lowest BCUT2D eigenvalue weighted by molar-refractivity contribution is 0.669. The topological polar surface area (TPSA) is 56.7 Å². The van der Waals surface area contributed by atoms with E-state index in [0.29, 0.717) is 0 Å². The molecule has 0 aliphatic rings. The molecule has 69 heavy (non-hydrogen) atoms. The summed E-state index contributed by atoms with van der Waals surface area (Å²) in [6.07, 6.45) is 0. The molecule has 0 aliphatic heterocycles. The lowest BCUT2D eigenvalue weighted by Gasteiger charge is -2.34. The molecule has 324 valence electrons. The second kappa shape index (κ2) is 16.7. The van der Waals surface area contributed by atoms with Gasteiger partial charge in [-0.05, 0) is 74.2 Å². The van der Waals surface area contributed by atoms with Gasteiger partial charge < -0.3 is 8.98 Å². The number of furan rings is 1. The first-order chi connectivity index (χ1) is 43.8. The van der Waals surface area contributed by atoms with Crippen molar-refractivity contribution in [2.75, 3.05) is 0 Å². The van der Waals surface area contributed by atoms with Gasteiger partial charge in [-0.1, -0.05) is 212 Å². The normalized spacial score (nSPS) is 16.4. The molecule has 0 unspecified atom stereocenters. The van der Waals surface area contributed by atoms with Crippen molar-refractivity contribution in [2.45, 2.75) is 0 Å². The molecule has 0 saturated heterocycles. The van der Waals surface area contributed by atoms with Gasteiger partial charge in [0, 0.05) is 38.2 Å². The summed E-state index contributed by atoms with van der Waals surface area (Å²) in [6, 6.07) is 18.0. The number of hydrogen-bond donors (Lipinski definition) is 0. The SMILES string of the molecule is [2H]c1c([2H])c([2H])c(-n2c3c([2H])c([2H])c([2H])c([2H])c3c3c([2H])c([2H])c([2H])c([2H])c32)c(-c2nc(-c3cccc([Si](c4ccccc4)(c4ccccc4)c4ccccc4)c3)nc(-c3c([2H])c([2H])c(-c4c([2H])c([2H])c5oc6c([2H])c([2H])c([2H])c([2H])c6c5c4[2H])c([2H])c3[2H])n2)c1[2H]. The first-order valence-electron chi connectivity index (χ1n) is 33.0. The van der Waals surface area contributed by atoms with E-state index in [1.54, 1.807) is 12.1 Å². The third-order valence-electron chi connectivity index (χ3n) is 11.9. The van der Waals surface area contributed by atoms with Crippen molar-refractivity contribution in [3.63, 3.8) is 0 Å². The van der Waals surface area contributed by atoms with E-state index in [1.807, 2.05) is 103 Å². The van der Waals surface area contributed by atoms with Crippen molar-refractivity contribution in [1.29, 1.82) is 0 Å². The minimum atomic E-state index is -3.40. The summed E-state index contributed by atoms with van der Waals surface area (Å²) in [5.41, 5.74) is -5.05. The molecule has 5 nitrogen and oxygen atoms in total. The summed E-state index contributed by atoms with van der Waals surface area (Å²) < 4.78 is 217. The molecule has 0 aliphatic carbocycles. The van der Waals surface area contributed by atoms with Gasteiger partial charge in [-0.2, -0.15) is 0 Å². The Kier molecular flexibility index (Phi) is 5.61. The van der Waals surface area contributed by atoms with Gasteiger partial charge in [-0.15, -0.1) is 0 Å². The molecular formula is C63H42N4OSi. The lowest BCUT2D eigenvalue weighted by atomic mass is 10.0. The van der Waals surface area contributed by atoms with Crippen LogP contribution in [0.5, 0.6) is 0 Å². The van der Waals surface area contributed by atoms with Crippen molar-refractivity contribution in [2.24, 2.45) is 0 Å². The van der Waals surface area contributed by atoms with Crippen molar-refractivity contribution >= 4 is 72.6 Å². The fraction of sp³-hybridized carbons (Fsp3) is 0. The number of para-hydroxylation sites is 4. The van der Waals surface area contributed by atoms with E-state index in [9.17, 15) is 15.1 Å². The van der Waals surface area contributed by atoms with Crippen LogP contribution in [-0.2, 0) is 0 Å². The zero-order chi connectivity index (χ0) is 65.7. The number of aromatic nitrogens is 4. The summed E-state index contributed by atoms with van der Waals surface area (Å²) in [6.45, 7) is 0. The number of nitrogens with zero attached hydrogens (tertiary/aromatic N) is 4. The van der Waals surface area contributed by atoms with Crippen LogP contribution in [0.15, 0.2) is 259 Å². The monoisotopic (exact) mass is 921 g/mol. The highest BCUT2D eigenvalue weighted by Crippen LogP contribution is 2.37. The van der Waals surface area contributed by atoms with Crippen LogP contribution >= 0.6 is 0 Å². The predicted molar refractivity (Wildman–Crippen MR) is 287 cm³/mol. The first-order valence-corrected chi connectivity index (χ1v) is 23.5. The van der Waals surface area contributed by atoms with E-state index >= 15 is 0 Å².